The van der Waals surface area contributed by atoms with E-state index >= 15 is 0 Å². The molecule has 4 amide bonds. The van der Waals surface area contributed by atoms with Crippen molar-refractivity contribution < 1.29 is 23.9 Å². The summed E-state index contributed by atoms with van der Waals surface area (Å²) in [4.78, 5) is 52.8. The zero-order chi connectivity index (χ0) is 22.8. The number of urea groups is 1. The van der Waals surface area contributed by atoms with Gasteiger partial charge in [-0.1, -0.05) is 60.2 Å². The van der Waals surface area contributed by atoms with Gasteiger partial charge in [-0.05, 0) is 19.4 Å². The van der Waals surface area contributed by atoms with Crippen LogP contribution < -0.4 is 5.32 Å². The smallest absolute Gasteiger partial charge is 0.327 e. The molecule has 1 saturated heterocycles. The molecule has 1 aliphatic heterocycles. The highest BCUT2D eigenvalue weighted by Crippen LogP contribution is 2.29. The van der Waals surface area contributed by atoms with Gasteiger partial charge in [0.2, 0.25) is 6.10 Å². The summed E-state index contributed by atoms with van der Waals surface area (Å²) in [6.45, 7) is 2.91. The first-order valence-electron chi connectivity index (χ1n) is 9.80. The van der Waals surface area contributed by atoms with Crippen LogP contribution in [0.25, 0.3) is 0 Å². The van der Waals surface area contributed by atoms with Gasteiger partial charge in [0.1, 0.15) is 12.1 Å². The number of hydrogen-bond donors (Lipinski definition) is 1. The molecule has 0 aromatic heterocycles. The molecule has 2 aromatic carbocycles. The van der Waals surface area contributed by atoms with Crippen molar-refractivity contribution in [3.63, 3.8) is 0 Å². The number of aryl methyl sites for hydroxylation is 1. The van der Waals surface area contributed by atoms with Crippen LogP contribution in [0.15, 0.2) is 54.6 Å². The maximum atomic E-state index is 13.0. The van der Waals surface area contributed by atoms with Gasteiger partial charge < -0.3 is 15.0 Å². The Hall–Kier alpha value is -3.68. The Labute approximate surface area is 180 Å². The molecule has 8 nitrogen and oxygen atoms in total. The lowest BCUT2D eigenvalue weighted by molar-refractivity contribution is -0.161. The Balaban J connectivity index is 1.77. The molecule has 0 saturated carbocycles. The summed E-state index contributed by atoms with van der Waals surface area (Å²) in [5.74, 6) is -1.85. The van der Waals surface area contributed by atoms with Gasteiger partial charge in [0.05, 0.1) is 0 Å². The average Bonchev–Trinajstić information content (AvgIpc) is 2.96. The Kier molecular flexibility index (Phi) is 6.10. The van der Waals surface area contributed by atoms with Crippen LogP contribution >= 0.6 is 0 Å². The van der Waals surface area contributed by atoms with Gasteiger partial charge in [-0.25, -0.2) is 4.79 Å². The summed E-state index contributed by atoms with van der Waals surface area (Å²) in [5, 5.41) is 2.65. The van der Waals surface area contributed by atoms with Crippen molar-refractivity contribution in [1.82, 2.24) is 15.1 Å². The van der Waals surface area contributed by atoms with Crippen LogP contribution in [0.2, 0.25) is 0 Å². The zero-order valence-electron chi connectivity index (χ0n) is 17.9. The second-order valence-corrected chi connectivity index (χ2v) is 7.83. The lowest BCUT2D eigenvalue weighted by Gasteiger charge is -2.23. The topological polar surface area (TPSA) is 96.0 Å². The van der Waals surface area contributed by atoms with Crippen LogP contribution in [0.5, 0.6) is 0 Å². The van der Waals surface area contributed by atoms with Crippen molar-refractivity contribution in [2.24, 2.45) is 0 Å². The summed E-state index contributed by atoms with van der Waals surface area (Å²) >= 11 is 0. The fourth-order valence-corrected chi connectivity index (χ4v) is 3.34. The Morgan fingerprint density at radius 3 is 2.26 bits per heavy atom. The predicted molar refractivity (Wildman–Crippen MR) is 113 cm³/mol. The lowest BCUT2D eigenvalue weighted by Crippen LogP contribution is -2.42. The minimum absolute atomic E-state index is 0.429. The molecule has 3 rings (SSSR count). The number of likely N-dealkylation sites (N-methyl/N-ethyl adjacent to an activating group) is 1. The van der Waals surface area contributed by atoms with E-state index in [2.05, 4.69) is 5.32 Å². The molecule has 0 unspecified atom stereocenters. The summed E-state index contributed by atoms with van der Waals surface area (Å²) < 4.78 is 5.40. The number of esters is 1. The minimum atomic E-state index is -1.29. The summed E-state index contributed by atoms with van der Waals surface area (Å²) in [6, 6.07) is 15.1. The molecular weight excluding hydrogens is 398 g/mol. The quantitative estimate of drug-likeness (QED) is 0.567. The number of carbonyl (C=O) groups excluding carboxylic acids is 4. The molecule has 2 atom stereocenters. The number of carbonyl (C=O) groups is 4. The van der Waals surface area contributed by atoms with Gasteiger partial charge in [0.15, 0.2) is 0 Å². The maximum absolute atomic E-state index is 13.0. The number of rotatable bonds is 6. The van der Waals surface area contributed by atoms with Gasteiger partial charge in [0.25, 0.3) is 11.8 Å². The van der Waals surface area contributed by atoms with Gasteiger partial charge in [-0.2, -0.15) is 0 Å². The largest absolute Gasteiger partial charge is 0.446 e. The average molecular weight is 423 g/mol. The Bertz CT molecular complexity index is 1000. The monoisotopic (exact) mass is 423 g/mol. The highest BCUT2D eigenvalue weighted by Gasteiger charge is 2.49. The molecule has 8 heteroatoms. The SMILES string of the molecule is Cc1ccc([C@@]2(C)NC(=O)N(CC(=O)O[C@H](C(=O)N(C)C)c3ccccc3)C2=O)cc1. The van der Waals surface area contributed by atoms with E-state index in [1.807, 2.05) is 19.1 Å². The number of benzene rings is 2. The van der Waals surface area contributed by atoms with Crippen molar-refractivity contribution in [3.8, 4) is 0 Å². The van der Waals surface area contributed by atoms with Crippen molar-refractivity contribution in [2.75, 3.05) is 20.6 Å². The van der Waals surface area contributed by atoms with E-state index in [1.54, 1.807) is 63.5 Å². The van der Waals surface area contributed by atoms with E-state index in [4.69, 9.17) is 4.74 Å². The number of nitrogens with one attached hydrogen (secondary N) is 1. The highest BCUT2D eigenvalue weighted by molar-refractivity contribution is 6.08. The third-order valence-corrected chi connectivity index (χ3v) is 5.21. The minimum Gasteiger partial charge on any atom is -0.446 e. The number of hydrogen-bond acceptors (Lipinski definition) is 5. The van der Waals surface area contributed by atoms with Gasteiger partial charge in [-0.15, -0.1) is 0 Å². The molecule has 0 spiro atoms. The number of nitrogens with zero attached hydrogens (tertiary/aromatic N) is 2. The van der Waals surface area contributed by atoms with E-state index < -0.39 is 42.0 Å². The molecule has 0 radical (unpaired) electrons. The third kappa shape index (κ3) is 4.42. The molecule has 1 N–H and O–H groups in total. The van der Waals surface area contributed by atoms with E-state index in [-0.39, 0.29) is 0 Å². The summed E-state index contributed by atoms with van der Waals surface area (Å²) in [5.41, 5.74) is 0.833. The van der Waals surface area contributed by atoms with E-state index in [1.165, 1.54) is 4.90 Å². The Morgan fingerprint density at radius 2 is 1.68 bits per heavy atom. The summed E-state index contributed by atoms with van der Waals surface area (Å²) in [6.07, 6.45) is -1.17. The molecular formula is C23H25N3O5. The van der Waals surface area contributed by atoms with Crippen LogP contribution in [0.1, 0.15) is 29.7 Å². The fraction of sp³-hybridized carbons (Fsp3) is 0.304. The van der Waals surface area contributed by atoms with Crippen molar-refractivity contribution in [3.05, 3.63) is 71.3 Å². The van der Waals surface area contributed by atoms with E-state index in [9.17, 15) is 19.2 Å². The van der Waals surface area contributed by atoms with Gasteiger partial charge in [0, 0.05) is 19.7 Å². The molecule has 0 bridgehead atoms. The second kappa shape index (κ2) is 8.59. The molecule has 1 fully saturated rings. The zero-order valence-corrected chi connectivity index (χ0v) is 17.9. The van der Waals surface area contributed by atoms with Crippen molar-refractivity contribution in [1.29, 1.82) is 0 Å². The van der Waals surface area contributed by atoms with E-state index in [0.29, 0.717) is 11.1 Å². The van der Waals surface area contributed by atoms with Gasteiger partial charge >= 0.3 is 12.0 Å². The second-order valence-electron chi connectivity index (χ2n) is 7.83. The number of imide groups is 1. The van der Waals surface area contributed by atoms with Crippen LogP contribution in [-0.2, 0) is 24.7 Å². The highest BCUT2D eigenvalue weighted by atomic mass is 16.5. The van der Waals surface area contributed by atoms with Crippen molar-refractivity contribution in [2.45, 2.75) is 25.5 Å². The number of ether oxygens (including phenoxy) is 1. The first-order valence-corrected chi connectivity index (χ1v) is 9.80. The fourth-order valence-electron chi connectivity index (χ4n) is 3.34. The maximum Gasteiger partial charge on any atom is 0.327 e. The molecule has 31 heavy (non-hydrogen) atoms. The third-order valence-electron chi connectivity index (χ3n) is 5.21. The van der Waals surface area contributed by atoms with Crippen LogP contribution in [-0.4, -0.2) is 54.3 Å². The standard InChI is InChI=1S/C23H25N3O5/c1-15-10-12-17(13-11-15)23(2)21(29)26(22(30)24-23)14-18(27)31-19(20(28)25(3)4)16-8-6-5-7-9-16/h5-13,19H,14H2,1-4H3,(H,24,30)/t19-,23+/m0/s1. The normalized spacial score (nSPS) is 19.0. The number of amides is 4. The van der Waals surface area contributed by atoms with Crippen LogP contribution in [0.3, 0.4) is 0 Å². The Morgan fingerprint density at radius 1 is 1.06 bits per heavy atom. The molecule has 1 aliphatic rings. The first-order chi connectivity index (χ1) is 14.6. The van der Waals surface area contributed by atoms with Crippen LogP contribution in [0, 0.1) is 6.92 Å². The van der Waals surface area contributed by atoms with E-state index in [0.717, 1.165) is 10.5 Å². The lowest BCUT2D eigenvalue weighted by atomic mass is 9.91. The molecule has 2 aromatic rings. The first kappa shape index (κ1) is 22.0. The molecule has 1 heterocycles. The molecule has 0 aliphatic carbocycles. The predicted octanol–water partition coefficient (Wildman–Crippen LogP) is 2.13. The van der Waals surface area contributed by atoms with Crippen LogP contribution in [0.4, 0.5) is 4.79 Å². The molecule has 162 valence electrons. The summed E-state index contributed by atoms with van der Waals surface area (Å²) in [7, 11) is 3.10. The van der Waals surface area contributed by atoms with Gasteiger partial charge in [-0.3, -0.25) is 19.3 Å². The van der Waals surface area contributed by atoms with Crippen molar-refractivity contribution >= 4 is 23.8 Å².